The molecule has 0 aromatic heterocycles. The average Bonchev–Trinajstić information content (AvgIpc) is 3.46. The summed E-state index contributed by atoms with van der Waals surface area (Å²) in [6.45, 7) is 17.2. The lowest BCUT2D eigenvalue weighted by atomic mass is 9.73. The van der Waals surface area contributed by atoms with E-state index < -0.39 is 8.32 Å². The lowest BCUT2D eigenvalue weighted by Gasteiger charge is -2.52. The molecule has 0 radical (unpaired) electrons. The minimum Gasteiger partial charge on any atom is -0.454 e. The van der Waals surface area contributed by atoms with Crippen molar-refractivity contribution in [2.45, 2.75) is 108 Å². The average molecular weight is 510 g/mol. The second kappa shape index (κ2) is 10.2. The third-order valence-corrected chi connectivity index (χ3v) is 15.1. The van der Waals surface area contributed by atoms with Gasteiger partial charge in [-0.05, 0) is 52.7 Å². The van der Waals surface area contributed by atoms with Crippen LogP contribution in [0.15, 0.2) is 23.8 Å². The maximum atomic E-state index is 7.63. The molecule has 3 aliphatic heterocycles. The molecule has 5 nitrogen and oxygen atoms in total. The number of benzene rings is 1. The molecular formula is C30H43NO4Si. The van der Waals surface area contributed by atoms with E-state index in [4.69, 9.17) is 25.1 Å². The van der Waals surface area contributed by atoms with Gasteiger partial charge < -0.3 is 18.6 Å². The van der Waals surface area contributed by atoms with Crippen molar-refractivity contribution in [1.29, 1.82) is 0 Å². The Morgan fingerprint density at radius 1 is 1.08 bits per heavy atom. The molecule has 1 aromatic rings. The highest BCUT2D eigenvalue weighted by molar-refractivity contribution is 6.77. The van der Waals surface area contributed by atoms with E-state index in [0.29, 0.717) is 36.1 Å². The Balaban J connectivity index is 1.61. The zero-order valence-corrected chi connectivity index (χ0v) is 23.9. The Labute approximate surface area is 218 Å². The molecule has 0 spiro atoms. The number of hydrogen-bond acceptors (Lipinski definition) is 5. The zero-order valence-electron chi connectivity index (χ0n) is 22.9. The van der Waals surface area contributed by atoms with Crippen LogP contribution in [0.3, 0.4) is 0 Å². The summed E-state index contributed by atoms with van der Waals surface area (Å²) in [5.74, 6) is 4.70. The number of fused-ring (bicyclic) bond motifs is 3. The van der Waals surface area contributed by atoms with Crippen LogP contribution in [0.2, 0.25) is 16.6 Å². The van der Waals surface area contributed by atoms with Crippen molar-refractivity contribution in [2.24, 2.45) is 0 Å². The molecule has 6 heteroatoms. The largest absolute Gasteiger partial charge is 0.454 e. The minimum absolute atomic E-state index is 0.0385. The fraction of sp³-hybridized carbons (Fsp3) is 0.667. The van der Waals surface area contributed by atoms with Crippen molar-refractivity contribution in [3.8, 4) is 23.8 Å². The SMILES string of the molecule is C#CCCCO[C@H]1C=C2CCN3Cc4cc5c(cc4[C@H]([C@@H]1O[Si](C(C)C)(C(C)C)C(C)C)[C@@H]23)OCO5. The second-order valence-electron chi connectivity index (χ2n) is 11.9. The van der Waals surface area contributed by atoms with E-state index in [9.17, 15) is 0 Å². The summed E-state index contributed by atoms with van der Waals surface area (Å²) in [6.07, 6.45) is 10.5. The molecule has 36 heavy (non-hydrogen) atoms. The summed E-state index contributed by atoms with van der Waals surface area (Å²) < 4.78 is 25.9. The third-order valence-electron chi connectivity index (χ3n) is 9.05. The number of ether oxygens (including phenoxy) is 3. The van der Waals surface area contributed by atoms with Gasteiger partial charge in [0.05, 0.1) is 6.10 Å². The van der Waals surface area contributed by atoms with Gasteiger partial charge in [0.15, 0.2) is 11.5 Å². The second-order valence-corrected chi connectivity index (χ2v) is 17.3. The first-order valence-corrected chi connectivity index (χ1v) is 16.0. The van der Waals surface area contributed by atoms with E-state index in [1.165, 1.54) is 16.7 Å². The highest BCUT2D eigenvalue weighted by atomic mass is 28.4. The van der Waals surface area contributed by atoms with Gasteiger partial charge in [-0.25, -0.2) is 0 Å². The van der Waals surface area contributed by atoms with Crippen LogP contribution in [0.5, 0.6) is 11.5 Å². The molecule has 0 unspecified atom stereocenters. The van der Waals surface area contributed by atoms with E-state index in [0.717, 1.165) is 43.9 Å². The maximum absolute atomic E-state index is 7.63. The molecule has 3 heterocycles. The van der Waals surface area contributed by atoms with Gasteiger partial charge in [0, 0.05) is 38.1 Å². The first-order valence-electron chi connectivity index (χ1n) is 13.9. The summed E-state index contributed by atoms with van der Waals surface area (Å²) in [7, 11) is -2.17. The highest BCUT2D eigenvalue weighted by Gasteiger charge is 2.55. The van der Waals surface area contributed by atoms with Crippen LogP contribution >= 0.6 is 0 Å². The van der Waals surface area contributed by atoms with Crippen LogP contribution in [0.4, 0.5) is 0 Å². The summed E-state index contributed by atoms with van der Waals surface area (Å²) in [5, 5.41) is 0. The predicted molar refractivity (Wildman–Crippen MR) is 146 cm³/mol. The van der Waals surface area contributed by atoms with Crippen molar-refractivity contribution in [1.82, 2.24) is 4.90 Å². The van der Waals surface area contributed by atoms with Crippen LogP contribution in [0.25, 0.3) is 0 Å². The lowest BCUT2D eigenvalue weighted by Crippen LogP contribution is -2.58. The summed E-state index contributed by atoms with van der Waals surface area (Å²) >= 11 is 0. The molecule has 196 valence electrons. The number of nitrogens with zero attached hydrogens (tertiary/aromatic N) is 1. The van der Waals surface area contributed by atoms with E-state index >= 15 is 0 Å². The Bertz CT molecular complexity index is 1020. The molecular weight excluding hydrogens is 466 g/mol. The summed E-state index contributed by atoms with van der Waals surface area (Å²) in [6, 6.07) is 4.82. The molecule has 0 amide bonds. The quantitative estimate of drug-likeness (QED) is 0.167. The van der Waals surface area contributed by atoms with Gasteiger partial charge in [-0.1, -0.05) is 53.2 Å². The van der Waals surface area contributed by atoms with Crippen LogP contribution in [0, 0.1) is 12.3 Å². The van der Waals surface area contributed by atoms with Crippen molar-refractivity contribution < 1.29 is 18.6 Å². The Hall–Kier alpha value is -1.78. The standard InChI is InChI=1S/C30H43NO4Si/c1-8-9-10-13-32-27-14-22-11-12-31-17-23-15-25-26(34-18-33-25)16-24(23)28(29(22)31)30(27)35-36(19(2)3,20(4)5)21(6)7/h1,14-16,19-21,27-30H,9-13,17-18H2,2-7H3/t27-,28-,29+,30+/m0/s1. The van der Waals surface area contributed by atoms with Gasteiger partial charge in [0.25, 0.3) is 0 Å². The molecule has 0 N–H and O–H groups in total. The van der Waals surface area contributed by atoms with Gasteiger partial charge >= 0.3 is 0 Å². The topological polar surface area (TPSA) is 40.2 Å². The van der Waals surface area contributed by atoms with Gasteiger partial charge in [0.1, 0.15) is 6.10 Å². The summed E-state index contributed by atoms with van der Waals surface area (Å²) in [4.78, 5) is 2.65. The molecule has 4 atom stereocenters. The molecule has 0 bridgehead atoms. The number of hydrogen-bond donors (Lipinski definition) is 0. The predicted octanol–water partition coefficient (Wildman–Crippen LogP) is 6.39. The first-order chi connectivity index (χ1) is 17.3. The smallest absolute Gasteiger partial charge is 0.231 e. The van der Waals surface area contributed by atoms with Crippen molar-refractivity contribution in [3.05, 3.63) is 34.9 Å². The van der Waals surface area contributed by atoms with E-state index in [1.54, 1.807) is 0 Å². The molecule has 4 aliphatic rings. The van der Waals surface area contributed by atoms with E-state index in [-0.39, 0.29) is 18.1 Å². The Morgan fingerprint density at radius 3 is 2.44 bits per heavy atom. The molecule has 5 rings (SSSR count). The van der Waals surface area contributed by atoms with E-state index in [2.05, 4.69) is 70.6 Å². The molecule has 1 fully saturated rings. The van der Waals surface area contributed by atoms with Gasteiger partial charge in [0.2, 0.25) is 15.1 Å². The molecule has 0 saturated carbocycles. The van der Waals surface area contributed by atoms with Gasteiger partial charge in [-0.2, -0.15) is 0 Å². The monoisotopic (exact) mass is 509 g/mol. The number of rotatable bonds is 9. The first kappa shape index (κ1) is 25.8. The molecule has 1 aliphatic carbocycles. The summed E-state index contributed by atoms with van der Waals surface area (Å²) in [5.41, 5.74) is 5.72. The highest BCUT2D eigenvalue weighted by Crippen LogP contribution is 2.53. The van der Waals surface area contributed by atoms with Gasteiger partial charge in [-0.15, -0.1) is 12.3 Å². The maximum Gasteiger partial charge on any atom is 0.231 e. The number of unbranched alkanes of at least 4 members (excludes halogenated alkanes) is 1. The van der Waals surface area contributed by atoms with Crippen LogP contribution in [-0.4, -0.2) is 51.4 Å². The normalized spacial score (nSPS) is 26.8. The Kier molecular flexibility index (Phi) is 7.30. The fourth-order valence-electron chi connectivity index (χ4n) is 7.63. The van der Waals surface area contributed by atoms with Crippen molar-refractivity contribution >= 4 is 8.32 Å². The minimum atomic E-state index is -2.17. The lowest BCUT2D eigenvalue weighted by molar-refractivity contribution is -0.0378. The van der Waals surface area contributed by atoms with Crippen molar-refractivity contribution in [3.63, 3.8) is 0 Å². The number of terminal acetylenes is 1. The van der Waals surface area contributed by atoms with E-state index in [1.807, 2.05) is 0 Å². The van der Waals surface area contributed by atoms with Crippen LogP contribution < -0.4 is 9.47 Å². The fourth-order valence-corrected chi connectivity index (χ4v) is 13.2. The molecule has 1 saturated heterocycles. The van der Waals surface area contributed by atoms with Crippen LogP contribution in [-0.2, 0) is 15.7 Å². The molecule has 1 aromatic carbocycles. The van der Waals surface area contributed by atoms with Crippen LogP contribution in [0.1, 0.15) is 77.8 Å². The van der Waals surface area contributed by atoms with Crippen molar-refractivity contribution in [2.75, 3.05) is 19.9 Å². The zero-order chi connectivity index (χ0) is 25.6. The third kappa shape index (κ3) is 4.22. The Morgan fingerprint density at radius 2 is 1.78 bits per heavy atom. The van der Waals surface area contributed by atoms with Gasteiger partial charge in [-0.3, -0.25) is 4.90 Å².